The van der Waals surface area contributed by atoms with Crippen LogP contribution >= 0.6 is 0 Å². The van der Waals surface area contributed by atoms with E-state index in [0.29, 0.717) is 0 Å². The Labute approximate surface area is 75.9 Å². The molecular formula is C9H14O2Si. The van der Waals surface area contributed by atoms with Crippen LogP contribution in [0.4, 0.5) is 0 Å². The minimum Gasteiger partial charge on any atom is -0.354 e. The second-order valence-corrected chi connectivity index (χ2v) is 4.04. The summed E-state index contributed by atoms with van der Waals surface area (Å²) in [5.41, 5.74) is 0.600. The van der Waals surface area contributed by atoms with Crippen LogP contribution in [0, 0.1) is 0 Å². The Morgan fingerprint density at radius 1 is 1.08 bits per heavy atom. The van der Waals surface area contributed by atoms with Crippen LogP contribution in [0.15, 0.2) is 30.3 Å². The largest absolute Gasteiger partial charge is 0.354 e. The van der Waals surface area contributed by atoms with Gasteiger partial charge in [0.15, 0.2) is 5.41 Å². The number of hydrogen-bond acceptors (Lipinski definition) is 2. The molecule has 0 N–H and O–H groups in total. The van der Waals surface area contributed by atoms with Gasteiger partial charge in [-0.15, -0.1) is 0 Å². The van der Waals surface area contributed by atoms with Crippen molar-refractivity contribution in [2.75, 3.05) is 14.2 Å². The Balaban J connectivity index is 2.95. The summed E-state index contributed by atoms with van der Waals surface area (Å²) in [6.45, 7) is 0. The predicted octanol–water partition coefficient (Wildman–Crippen LogP) is 0.455. The fourth-order valence-corrected chi connectivity index (χ4v) is 1.39. The lowest BCUT2D eigenvalue weighted by atomic mass is 10.2. The Morgan fingerprint density at radius 3 is 2.00 bits per heavy atom. The average molecular weight is 182 g/mol. The van der Waals surface area contributed by atoms with Gasteiger partial charge in [0, 0.05) is 19.8 Å². The molecule has 0 unspecified atom stereocenters. The molecule has 0 spiro atoms. The van der Waals surface area contributed by atoms with Crippen molar-refractivity contribution in [2.24, 2.45) is 0 Å². The molecule has 0 atom stereocenters. The lowest BCUT2D eigenvalue weighted by Crippen LogP contribution is -2.30. The zero-order valence-corrected chi connectivity index (χ0v) is 9.70. The van der Waals surface area contributed by atoms with E-state index in [9.17, 15) is 0 Å². The molecule has 0 heterocycles. The first kappa shape index (κ1) is 9.44. The van der Waals surface area contributed by atoms with E-state index in [4.69, 9.17) is 9.47 Å². The normalized spacial score (nSPS) is 11.8. The van der Waals surface area contributed by atoms with Crippen molar-refractivity contribution < 1.29 is 9.47 Å². The van der Waals surface area contributed by atoms with Crippen LogP contribution in [0.5, 0.6) is 0 Å². The smallest absolute Gasteiger partial charge is 0.165 e. The fraction of sp³-hybridized carbons (Fsp3) is 0.333. The van der Waals surface area contributed by atoms with Gasteiger partial charge in [0.05, 0.1) is 10.2 Å². The Kier molecular flexibility index (Phi) is 3.03. The molecular weight excluding hydrogens is 168 g/mol. The van der Waals surface area contributed by atoms with Crippen molar-refractivity contribution in [3.05, 3.63) is 35.9 Å². The monoisotopic (exact) mass is 182 g/mol. The van der Waals surface area contributed by atoms with E-state index in [-0.39, 0.29) is 0 Å². The maximum Gasteiger partial charge on any atom is 0.165 e. The molecule has 3 heteroatoms. The maximum atomic E-state index is 5.31. The summed E-state index contributed by atoms with van der Waals surface area (Å²) in [7, 11) is 4.15. The number of rotatable bonds is 3. The van der Waals surface area contributed by atoms with Gasteiger partial charge in [-0.2, -0.15) is 0 Å². The Hall–Kier alpha value is -0.643. The van der Waals surface area contributed by atoms with Crippen molar-refractivity contribution in [3.8, 4) is 0 Å². The number of ether oxygens (including phenoxy) is 2. The van der Waals surface area contributed by atoms with Gasteiger partial charge in [0.2, 0.25) is 0 Å². The van der Waals surface area contributed by atoms with Crippen LogP contribution in [0.1, 0.15) is 5.56 Å². The first-order valence-electron chi connectivity index (χ1n) is 3.89. The van der Waals surface area contributed by atoms with Crippen LogP contribution in [-0.2, 0) is 14.9 Å². The van der Waals surface area contributed by atoms with Crippen LogP contribution in [-0.4, -0.2) is 24.5 Å². The van der Waals surface area contributed by atoms with Crippen LogP contribution in [0.25, 0.3) is 0 Å². The van der Waals surface area contributed by atoms with Gasteiger partial charge >= 0.3 is 0 Å². The molecule has 0 radical (unpaired) electrons. The van der Waals surface area contributed by atoms with Crippen LogP contribution in [0.2, 0.25) is 0 Å². The molecule has 1 rings (SSSR count). The van der Waals surface area contributed by atoms with E-state index in [1.165, 1.54) is 0 Å². The molecule has 1 aromatic carbocycles. The Morgan fingerprint density at radius 2 is 1.58 bits per heavy atom. The second-order valence-electron chi connectivity index (χ2n) is 2.72. The number of benzene rings is 1. The summed E-state index contributed by atoms with van der Waals surface area (Å²) in [5.74, 6) is 0. The topological polar surface area (TPSA) is 18.5 Å². The molecule has 0 bridgehead atoms. The zero-order valence-electron chi connectivity index (χ0n) is 7.70. The summed E-state index contributed by atoms with van der Waals surface area (Å²) in [6.07, 6.45) is 0. The summed E-state index contributed by atoms with van der Waals surface area (Å²) in [6, 6.07) is 9.98. The standard InChI is InChI=1S/C9H14O2Si/c1-10-9(12,11-2)8-6-4-3-5-7-8/h3-7H,1-2,12H3. The molecule has 12 heavy (non-hydrogen) atoms. The maximum absolute atomic E-state index is 5.31. The Bertz CT molecular complexity index is 232. The highest BCUT2D eigenvalue weighted by atomic mass is 28.1. The molecule has 0 fully saturated rings. The summed E-state index contributed by atoms with van der Waals surface area (Å²) >= 11 is 0. The fourth-order valence-electron chi connectivity index (χ4n) is 1.06. The van der Waals surface area contributed by atoms with E-state index < -0.39 is 5.41 Å². The summed E-state index contributed by atoms with van der Waals surface area (Å²) in [5, 5.41) is 0. The minimum absolute atomic E-state index is 0.485. The number of hydrogen-bond donors (Lipinski definition) is 0. The van der Waals surface area contributed by atoms with Gasteiger partial charge in [0.25, 0.3) is 0 Å². The lowest BCUT2D eigenvalue weighted by Gasteiger charge is -2.27. The molecule has 1 aromatic rings. The minimum atomic E-state index is -0.485. The van der Waals surface area contributed by atoms with E-state index in [2.05, 4.69) is 0 Å². The van der Waals surface area contributed by atoms with Crippen molar-refractivity contribution in [3.63, 3.8) is 0 Å². The van der Waals surface area contributed by atoms with E-state index in [1.807, 2.05) is 30.3 Å². The van der Waals surface area contributed by atoms with Gasteiger partial charge < -0.3 is 9.47 Å². The zero-order chi connectivity index (χ0) is 9.03. The van der Waals surface area contributed by atoms with Crippen molar-refractivity contribution >= 4 is 10.2 Å². The van der Waals surface area contributed by atoms with Crippen molar-refractivity contribution in [2.45, 2.75) is 5.41 Å². The van der Waals surface area contributed by atoms with E-state index in [0.717, 1.165) is 15.8 Å². The first-order chi connectivity index (χ1) is 5.73. The number of methoxy groups -OCH3 is 2. The molecule has 66 valence electrons. The van der Waals surface area contributed by atoms with Crippen molar-refractivity contribution in [1.82, 2.24) is 0 Å². The molecule has 0 saturated carbocycles. The molecule has 2 nitrogen and oxygen atoms in total. The molecule has 0 saturated heterocycles. The van der Waals surface area contributed by atoms with Crippen LogP contribution < -0.4 is 0 Å². The summed E-state index contributed by atoms with van der Waals surface area (Å²) < 4.78 is 10.6. The van der Waals surface area contributed by atoms with E-state index in [1.54, 1.807) is 14.2 Å². The molecule has 0 aliphatic heterocycles. The first-order valence-corrected chi connectivity index (χ1v) is 4.89. The third kappa shape index (κ3) is 1.74. The molecule has 0 aliphatic carbocycles. The highest BCUT2D eigenvalue weighted by Crippen LogP contribution is 2.20. The lowest BCUT2D eigenvalue weighted by molar-refractivity contribution is -0.148. The SMILES string of the molecule is COC([SiH3])(OC)c1ccccc1. The van der Waals surface area contributed by atoms with Gasteiger partial charge in [-0.1, -0.05) is 30.3 Å². The predicted molar refractivity (Wildman–Crippen MR) is 52.1 cm³/mol. The van der Waals surface area contributed by atoms with Crippen LogP contribution in [0.3, 0.4) is 0 Å². The highest BCUT2D eigenvalue weighted by Gasteiger charge is 2.23. The van der Waals surface area contributed by atoms with Crippen molar-refractivity contribution in [1.29, 1.82) is 0 Å². The van der Waals surface area contributed by atoms with Gasteiger partial charge in [-0.3, -0.25) is 0 Å². The molecule has 0 aromatic heterocycles. The third-order valence-electron chi connectivity index (χ3n) is 2.08. The molecule has 0 amide bonds. The second kappa shape index (κ2) is 3.84. The molecule has 0 aliphatic rings. The quantitative estimate of drug-likeness (QED) is 0.499. The third-order valence-corrected chi connectivity index (χ3v) is 3.47. The van der Waals surface area contributed by atoms with Gasteiger partial charge in [-0.25, -0.2) is 0 Å². The van der Waals surface area contributed by atoms with Gasteiger partial charge in [-0.05, 0) is 0 Å². The van der Waals surface area contributed by atoms with Gasteiger partial charge in [0.1, 0.15) is 0 Å². The average Bonchev–Trinajstić information content (AvgIpc) is 2.18. The highest BCUT2D eigenvalue weighted by molar-refractivity contribution is 6.13. The van der Waals surface area contributed by atoms with E-state index >= 15 is 0 Å². The summed E-state index contributed by atoms with van der Waals surface area (Å²) in [4.78, 5) is 0.